The Bertz CT molecular complexity index is 719. The minimum Gasteiger partial charge on any atom is -0.396 e. The van der Waals surface area contributed by atoms with Gasteiger partial charge in [-0.3, -0.25) is 4.79 Å². The van der Waals surface area contributed by atoms with Gasteiger partial charge in [0.25, 0.3) is 5.91 Å². The van der Waals surface area contributed by atoms with Crippen molar-refractivity contribution in [3.05, 3.63) is 23.5 Å². The van der Waals surface area contributed by atoms with Crippen LogP contribution in [0.5, 0.6) is 0 Å². The third-order valence-corrected chi connectivity index (χ3v) is 4.26. The van der Waals surface area contributed by atoms with E-state index in [4.69, 9.17) is 10.1 Å². The fraction of sp³-hybridized carbons (Fsp3) is 0.588. The Morgan fingerprint density at radius 3 is 2.78 bits per heavy atom. The number of aromatic nitrogens is 3. The van der Waals surface area contributed by atoms with Crippen molar-refractivity contribution in [2.45, 2.75) is 58.0 Å². The van der Waals surface area contributed by atoms with E-state index in [0.29, 0.717) is 17.9 Å². The summed E-state index contributed by atoms with van der Waals surface area (Å²) in [7, 11) is 0. The van der Waals surface area contributed by atoms with Crippen LogP contribution in [0.25, 0.3) is 11.0 Å². The van der Waals surface area contributed by atoms with Crippen LogP contribution < -0.4 is 5.32 Å². The molecule has 2 N–H and O–H groups in total. The molecule has 0 saturated heterocycles. The highest BCUT2D eigenvalue weighted by Crippen LogP contribution is 2.40. The van der Waals surface area contributed by atoms with Crippen LogP contribution in [0.4, 0.5) is 0 Å². The molecule has 6 nitrogen and oxygen atoms in total. The molecule has 0 aliphatic heterocycles. The lowest BCUT2D eigenvalue weighted by Crippen LogP contribution is -2.33. The maximum Gasteiger partial charge on any atom is 0.252 e. The Kier molecular flexibility index (Phi) is 4.35. The van der Waals surface area contributed by atoms with Crippen LogP contribution in [0, 0.1) is 0 Å². The molecule has 6 heteroatoms. The molecule has 0 radical (unpaired) electrons. The topological polar surface area (TPSA) is 80.0 Å². The molecule has 1 aliphatic rings. The Hall–Kier alpha value is -1.95. The van der Waals surface area contributed by atoms with Crippen LogP contribution >= 0.6 is 0 Å². The standard InChI is InChI=1S/C17H24N4O2/c1-10(2)21-16-14(9-18-21)13(8-15(20-16)12-4-5-12)17(23)19-11(3)6-7-22/h8-12,22H,4-7H2,1-3H3,(H,19,23). The number of nitrogens with one attached hydrogen (secondary N) is 1. The molecule has 2 heterocycles. The number of fused-ring (bicyclic) bond motifs is 1. The zero-order chi connectivity index (χ0) is 16.6. The fourth-order valence-corrected chi connectivity index (χ4v) is 2.76. The van der Waals surface area contributed by atoms with Crippen LogP contribution in [0.1, 0.15) is 68.0 Å². The first-order valence-electron chi connectivity index (χ1n) is 8.31. The molecule has 0 bridgehead atoms. The quantitative estimate of drug-likeness (QED) is 0.857. The summed E-state index contributed by atoms with van der Waals surface area (Å²) in [5.74, 6) is 0.347. The van der Waals surface area contributed by atoms with Crippen molar-refractivity contribution in [1.82, 2.24) is 20.1 Å². The van der Waals surface area contributed by atoms with E-state index >= 15 is 0 Å². The molecule has 2 aromatic heterocycles. The molecule has 0 spiro atoms. The minimum atomic E-state index is -0.122. The van der Waals surface area contributed by atoms with Crippen LogP contribution in [-0.4, -0.2) is 38.4 Å². The first-order chi connectivity index (χ1) is 11.0. The summed E-state index contributed by atoms with van der Waals surface area (Å²) >= 11 is 0. The molecular formula is C17H24N4O2. The smallest absolute Gasteiger partial charge is 0.252 e. The first kappa shape index (κ1) is 15.9. The molecule has 3 rings (SSSR count). The van der Waals surface area contributed by atoms with Crippen molar-refractivity contribution in [3.63, 3.8) is 0 Å². The summed E-state index contributed by atoms with van der Waals surface area (Å²) < 4.78 is 1.87. The van der Waals surface area contributed by atoms with E-state index < -0.39 is 0 Å². The van der Waals surface area contributed by atoms with Crippen molar-refractivity contribution in [2.24, 2.45) is 0 Å². The van der Waals surface area contributed by atoms with Gasteiger partial charge in [0.05, 0.1) is 17.1 Å². The van der Waals surface area contributed by atoms with E-state index in [1.54, 1.807) is 6.20 Å². The molecular weight excluding hydrogens is 292 g/mol. The normalized spacial score (nSPS) is 16.0. The molecule has 2 aromatic rings. The molecule has 1 saturated carbocycles. The number of pyridine rings is 1. The highest BCUT2D eigenvalue weighted by molar-refractivity contribution is 6.05. The van der Waals surface area contributed by atoms with Gasteiger partial charge >= 0.3 is 0 Å². The number of nitrogens with zero attached hydrogens (tertiary/aromatic N) is 3. The van der Waals surface area contributed by atoms with E-state index in [-0.39, 0.29) is 24.6 Å². The third kappa shape index (κ3) is 3.22. The van der Waals surface area contributed by atoms with E-state index in [2.05, 4.69) is 24.3 Å². The van der Waals surface area contributed by atoms with Gasteiger partial charge in [-0.05, 0) is 46.1 Å². The number of aliphatic hydroxyl groups is 1. The fourth-order valence-electron chi connectivity index (χ4n) is 2.76. The Labute approximate surface area is 135 Å². The van der Waals surface area contributed by atoms with Crippen molar-refractivity contribution in [2.75, 3.05) is 6.61 Å². The Morgan fingerprint density at radius 1 is 1.43 bits per heavy atom. The average molecular weight is 316 g/mol. The van der Waals surface area contributed by atoms with Gasteiger partial charge in [0.2, 0.25) is 0 Å². The summed E-state index contributed by atoms with van der Waals surface area (Å²) in [6.07, 6.45) is 4.54. The SMILES string of the molecule is CC(CCO)NC(=O)c1cc(C2CC2)nc2c1cnn2C(C)C. The van der Waals surface area contributed by atoms with Crippen molar-refractivity contribution < 1.29 is 9.90 Å². The van der Waals surface area contributed by atoms with Gasteiger partial charge in [-0.25, -0.2) is 9.67 Å². The number of carbonyl (C=O) groups excluding carboxylic acids is 1. The molecule has 23 heavy (non-hydrogen) atoms. The molecule has 1 amide bonds. The summed E-state index contributed by atoms with van der Waals surface area (Å²) in [5, 5.41) is 17.2. The molecule has 0 aromatic carbocycles. The Balaban J connectivity index is 2.02. The largest absolute Gasteiger partial charge is 0.396 e. The monoisotopic (exact) mass is 316 g/mol. The highest BCUT2D eigenvalue weighted by Gasteiger charge is 2.28. The highest BCUT2D eigenvalue weighted by atomic mass is 16.3. The molecule has 1 fully saturated rings. The van der Waals surface area contributed by atoms with Gasteiger partial charge in [-0.15, -0.1) is 0 Å². The van der Waals surface area contributed by atoms with Gasteiger partial charge in [0.15, 0.2) is 5.65 Å². The predicted octanol–water partition coefficient (Wildman–Crippen LogP) is 2.39. The second kappa shape index (κ2) is 6.28. The van der Waals surface area contributed by atoms with Gasteiger partial charge in [-0.1, -0.05) is 0 Å². The lowest BCUT2D eigenvalue weighted by atomic mass is 10.1. The van der Waals surface area contributed by atoms with Crippen molar-refractivity contribution in [1.29, 1.82) is 0 Å². The summed E-state index contributed by atoms with van der Waals surface area (Å²) in [4.78, 5) is 17.4. The van der Waals surface area contributed by atoms with Crippen molar-refractivity contribution >= 4 is 16.9 Å². The second-order valence-corrected chi connectivity index (χ2v) is 6.68. The number of aliphatic hydroxyl groups excluding tert-OH is 1. The predicted molar refractivity (Wildman–Crippen MR) is 88.5 cm³/mol. The van der Waals surface area contributed by atoms with Gasteiger partial charge in [-0.2, -0.15) is 5.10 Å². The van der Waals surface area contributed by atoms with Gasteiger partial charge in [0, 0.05) is 30.3 Å². The maximum absolute atomic E-state index is 12.7. The molecule has 1 atom stereocenters. The maximum atomic E-state index is 12.7. The van der Waals surface area contributed by atoms with Crippen molar-refractivity contribution in [3.8, 4) is 0 Å². The number of carbonyl (C=O) groups is 1. The number of rotatable bonds is 6. The first-order valence-corrected chi connectivity index (χ1v) is 8.31. The minimum absolute atomic E-state index is 0.0613. The summed E-state index contributed by atoms with van der Waals surface area (Å²) in [5.41, 5.74) is 2.40. The summed E-state index contributed by atoms with van der Waals surface area (Å²) in [6, 6.07) is 2.03. The van der Waals surface area contributed by atoms with Crippen LogP contribution in [0.15, 0.2) is 12.3 Å². The third-order valence-electron chi connectivity index (χ3n) is 4.26. The average Bonchev–Trinajstić information content (AvgIpc) is 3.25. The number of amides is 1. The molecule has 1 aliphatic carbocycles. The lowest BCUT2D eigenvalue weighted by molar-refractivity contribution is 0.0936. The Morgan fingerprint density at radius 2 is 2.17 bits per heavy atom. The van der Waals surface area contributed by atoms with E-state index in [0.717, 1.165) is 29.6 Å². The van der Waals surface area contributed by atoms with Gasteiger partial charge < -0.3 is 10.4 Å². The zero-order valence-electron chi connectivity index (χ0n) is 13.9. The van der Waals surface area contributed by atoms with Crippen LogP contribution in [-0.2, 0) is 0 Å². The van der Waals surface area contributed by atoms with E-state index in [1.807, 2.05) is 17.7 Å². The van der Waals surface area contributed by atoms with Gasteiger partial charge in [0.1, 0.15) is 0 Å². The van der Waals surface area contributed by atoms with E-state index in [1.165, 1.54) is 0 Å². The number of hydrogen-bond donors (Lipinski definition) is 2. The zero-order valence-corrected chi connectivity index (χ0v) is 13.9. The molecule has 1 unspecified atom stereocenters. The van der Waals surface area contributed by atoms with Crippen LogP contribution in [0.2, 0.25) is 0 Å². The van der Waals surface area contributed by atoms with Crippen LogP contribution in [0.3, 0.4) is 0 Å². The number of hydrogen-bond acceptors (Lipinski definition) is 4. The molecule has 124 valence electrons. The van der Waals surface area contributed by atoms with E-state index in [9.17, 15) is 4.79 Å². The lowest BCUT2D eigenvalue weighted by Gasteiger charge is -2.14. The second-order valence-electron chi connectivity index (χ2n) is 6.68. The summed E-state index contributed by atoms with van der Waals surface area (Å²) in [6.45, 7) is 6.07.